The highest BCUT2D eigenvalue weighted by Gasteiger charge is 2.33. The van der Waals surface area contributed by atoms with Crippen molar-refractivity contribution in [2.24, 2.45) is 0 Å². The lowest BCUT2D eigenvalue weighted by Crippen LogP contribution is -2.07. The third kappa shape index (κ3) is 4.40. The van der Waals surface area contributed by atoms with E-state index in [1.54, 1.807) is 42.7 Å². The third-order valence-electron chi connectivity index (χ3n) is 5.78. The molecule has 5 aromatic rings. The highest BCUT2D eigenvalue weighted by Crippen LogP contribution is 2.42. The molecule has 0 bridgehead atoms. The SMILES string of the molecule is O=Cc1ccccc1-c1cnc2c(C(F)(F)F)cccc2c1-c1cccc(NCc2ccco2)c1. The van der Waals surface area contributed by atoms with Gasteiger partial charge in [0.1, 0.15) is 5.76 Å². The van der Waals surface area contributed by atoms with E-state index in [1.165, 1.54) is 12.3 Å². The maximum Gasteiger partial charge on any atom is 0.418 e. The van der Waals surface area contributed by atoms with Crippen LogP contribution in [0.4, 0.5) is 18.9 Å². The van der Waals surface area contributed by atoms with Gasteiger partial charge in [-0.1, -0.05) is 48.5 Å². The van der Waals surface area contributed by atoms with Gasteiger partial charge in [-0.3, -0.25) is 9.78 Å². The molecule has 2 aromatic heterocycles. The maximum absolute atomic E-state index is 13.8. The number of halogens is 3. The van der Waals surface area contributed by atoms with Crippen molar-refractivity contribution in [3.8, 4) is 22.3 Å². The van der Waals surface area contributed by atoms with Gasteiger partial charge >= 0.3 is 6.18 Å². The summed E-state index contributed by atoms with van der Waals surface area (Å²) in [5.41, 5.74) is 2.67. The lowest BCUT2D eigenvalue weighted by Gasteiger charge is -2.18. The molecule has 174 valence electrons. The van der Waals surface area contributed by atoms with Crippen LogP contribution in [-0.4, -0.2) is 11.3 Å². The zero-order valence-electron chi connectivity index (χ0n) is 18.3. The Bertz CT molecular complexity index is 1510. The van der Waals surface area contributed by atoms with Gasteiger partial charge < -0.3 is 9.73 Å². The van der Waals surface area contributed by atoms with E-state index in [2.05, 4.69) is 10.3 Å². The molecule has 3 aromatic carbocycles. The van der Waals surface area contributed by atoms with Gasteiger partial charge in [0.25, 0.3) is 0 Å². The van der Waals surface area contributed by atoms with Crippen LogP contribution < -0.4 is 5.32 Å². The second kappa shape index (κ2) is 9.10. The number of pyridine rings is 1. The summed E-state index contributed by atoms with van der Waals surface area (Å²) in [7, 11) is 0. The number of alkyl halides is 3. The number of para-hydroxylation sites is 1. The topological polar surface area (TPSA) is 55.1 Å². The molecule has 7 heteroatoms. The number of fused-ring (bicyclic) bond motifs is 1. The minimum absolute atomic E-state index is 0.142. The van der Waals surface area contributed by atoms with Gasteiger partial charge in [0.05, 0.1) is 23.9 Å². The summed E-state index contributed by atoms with van der Waals surface area (Å²) in [5.74, 6) is 0.750. The van der Waals surface area contributed by atoms with Crippen molar-refractivity contribution in [2.75, 3.05) is 5.32 Å². The molecular weight excluding hydrogens is 453 g/mol. The zero-order chi connectivity index (χ0) is 24.4. The van der Waals surface area contributed by atoms with Gasteiger partial charge in [0.15, 0.2) is 6.29 Å². The summed E-state index contributed by atoms with van der Waals surface area (Å²) in [5, 5.41) is 3.63. The van der Waals surface area contributed by atoms with E-state index in [-0.39, 0.29) is 5.52 Å². The number of nitrogens with one attached hydrogen (secondary N) is 1. The highest BCUT2D eigenvalue weighted by atomic mass is 19.4. The number of carbonyl (C=O) groups is 1. The molecule has 0 unspecified atom stereocenters. The minimum atomic E-state index is -4.56. The average Bonchev–Trinajstić information content (AvgIpc) is 3.40. The second-order valence-electron chi connectivity index (χ2n) is 7.97. The molecule has 2 heterocycles. The number of hydrogen-bond donors (Lipinski definition) is 1. The molecule has 0 aliphatic carbocycles. The van der Waals surface area contributed by atoms with Gasteiger partial charge in [0, 0.05) is 34.0 Å². The Labute approximate surface area is 199 Å². The average molecular weight is 472 g/mol. The van der Waals surface area contributed by atoms with Crippen LogP contribution in [0, 0.1) is 0 Å². The molecule has 0 spiro atoms. The molecule has 35 heavy (non-hydrogen) atoms. The molecule has 4 nitrogen and oxygen atoms in total. The fraction of sp³-hybridized carbons (Fsp3) is 0.0714. The molecule has 0 amide bonds. The maximum atomic E-state index is 13.8. The summed E-state index contributed by atoms with van der Waals surface area (Å²) in [4.78, 5) is 16.0. The first kappa shape index (κ1) is 22.4. The number of rotatable bonds is 6. The number of anilines is 1. The summed E-state index contributed by atoms with van der Waals surface area (Å²) in [6, 6.07) is 22.0. The van der Waals surface area contributed by atoms with Crippen molar-refractivity contribution in [1.82, 2.24) is 4.98 Å². The number of aromatic nitrogens is 1. The fourth-order valence-electron chi connectivity index (χ4n) is 4.20. The summed E-state index contributed by atoms with van der Waals surface area (Å²) in [6.45, 7) is 0.451. The number of carbonyl (C=O) groups excluding carboxylic acids is 1. The third-order valence-corrected chi connectivity index (χ3v) is 5.78. The summed E-state index contributed by atoms with van der Waals surface area (Å²) in [6.07, 6.45) is -0.820. The van der Waals surface area contributed by atoms with E-state index in [4.69, 9.17) is 4.42 Å². The van der Waals surface area contributed by atoms with Gasteiger partial charge in [-0.05, 0) is 41.5 Å². The number of furan rings is 1. The van der Waals surface area contributed by atoms with Crippen molar-refractivity contribution in [2.45, 2.75) is 12.7 Å². The van der Waals surface area contributed by atoms with Crippen LogP contribution in [0.5, 0.6) is 0 Å². The standard InChI is InChI=1S/C28H19F3N2O2/c29-28(30,31)25-12-4-11-23-26(18-7-3-8-20(14-18)32-15-21-9-5-13-35-21)24(16-33-27(23)25)22-10-2-1-6-19(22)17-34/h1-14,16-17,32H,15H2. The first-order valence-electron chi connectivity index (χ1n) is 10.9. The number of benzene rings is 3. The first-order chi connectivity index (χ1) is 17.0. The molecule has 0 fully saturated rings. The Kier molecular flexibility index (Phi) is 5.82. The van der Waals surface area contributed by atoms with Crippen molar-refractivity contribution in [1.29, 1.82) is 0 Å². The van der Waals surface area contributed by atoms with Gasteiger partial charge in [-0.2, -0.15) is 13.2 Å². The Morgan fingerprint density at radius 2 is 1.74 bits per heavy atom. The number of hydrogen-bond acceptors (Lipinski definition) is 4. The summed E-state index contributed by atoms with van der Waals surface area (Å²) >= 11 is 0. The van der Waals surface area contributed by atoms with E-state index in [1.807, 2.05) is 30.3 Å². The zero-order valence-corrected chi connectivity index (χ0v) is 18.3. The smallest absolute Gasteiger partial charge is 0.418 e. The van der Waals surface area contributed by atoms with E-state index >= 15 is 0 Å². The van der Waals surface area contributed by atoms with E-state index in [0.29, 0.717) is 39.7 Å². The first-order valence-corrected chi connectivity index (χ1v) is 10.9. The Balaban J connectivity index is 1.73. The van der Waals surface area contributed by atoms with Gasteiger partial charge in [-0.15, -0.1) is 0 Å². The van der Waals surface area contributed by atoms with Crippen molar-refractivity contribution < 1.29 is 22.4 Å². The molecule has 1 N–H and O–H groups in total. The van der Waals surface area contributed by atoms with Crippen LogP contribution in [0.3, 0.4) is 0 Å². The Morgan fingerprint density at radius 1 is 0.914 bits per heavy atom. The second-order valence-corrected chi connectivity index (χ2v) is 7.97. The molecule has 0 aliphatic heterocycles. The Hall–Kier alpha value is -4.39. The summed E-state index contributed by atoms with van der Waals surface area (Å²) < 4.78 is 46.7. The predicted octanol–water partition coefficient (Wildman–Crippen LogP) is 7.61. The lowest BCUT2D eigenvalue weighted by atomic mass is 9.89. The molecule has 5 rings (SSSR count). The van der Waals surface area contributed by atoms with Crippen LogP contribution in [-0.2, 0) is 12.7 Å². The fourth-order valence-corrected chi connectivity index (χ4v) is 4.20. The van der Waals surface area contributed by atoms with E-state index < -0.39 is 11.7 Å². The highest BCUT2D eigenvalue weighted by molar-refractivity contribution is 6.05. The minimum Gasteiger partial charge on any atom is -0.467 e. The molecule has 0 saturated heterocycles. The molecule has 0 radical (unpaired) electrons. The molecule has 0 saturated carbocycles. The monoisotopic (exact) mass is 472 g/mol. The van der Waals surface area contributed by atoms with Crippen molar-refractivity contribution in [3.63, 3.8) is 0 Å². The largest absolute Gasteiger partial charge is 0.467 e. The van der Waals surface area contributed by atoms with Gasteiger partial charge in [-0.25, -0.2) is 0 Å². The van der Waals surface area contributed by atoms with Crippen LogP contribution in [0.25, 0.3) is 33.2 Å². The number of nitrogens with zero attached hydrogens (tertiary/aromatic N) is 1. The molecular formula is C28H19F3N2O2. The van der Waals surface area contributed by atoms with Gasteiger partial charge in [0.2, 0.25) is 0 Å². The van der Waals surface area contributed by atoms with Crippen LogP contribution in [0.1, 0.15) is 21.7 Å². The van der Waals surface area contributed by atoms with E-state index in [9.17, 15) is 18.0 Å². The molecule has 0 aliphatic rings. The van der Waals surface area contributed by atoms with Crippen molar-refractivity contribution in [3.05, 3.63) is 108 Å². The van der Waals surface area contributed by atoms with Crippen LogP contribution in [0.2, 0.25) is 0 Å². The molecule has 0 atom stereocenters. The number of aldehydes is 1. The van der Waals surface area contributed by atoms with E-state index in [0.717, 1.165) is 23.8 Å². The van der Waals surface area contributed by atoms with Crippen molar-refractivity contribution >= 4 is 22.9 Å². The lowest BCUT2D eigenvalue weighted by molar-refractivity contribution is -0.136. The predicted molar refractivity (Wildman–Crippen MR) is 129 cm³/mol. The normalized spacial score (nSPS) is 11.5. The Morgan fingerprint density at radius 3 is 2.51 bits per heavy atom. The van der Waals surface area contributed by atoms with Crippen LogP contribution in [0.15, 0.2) is 95.7 Å². The van der Waals surface area contributed by atoms with Crippen LogP contribution >= 0.6 is 0 Å². The quantitative estimate of drug-likeness (QED) is 0.259.